The number of aliphatic hydroxyl groups is 2. The Kier molecular flexibility index (Phi) is 30.8. The van der Waals surface area contributed by atoms with E-state index in [1.807, 2.05) is 0 Å². The zero-order valence-corrected chi connectivity index (χ0v) is 47.7. The van der Waals surface area contributed by atoms with E-state index in [-0.39, 0.29) is 41.6 Å². The van der Waals surface area contributed by atoms with E-state index in [0.29, 0.717) is 12.2 Å². The highest BCUT2D eigenvalue weighted by atomic mass is 32.2. The van der Waals surface area contributed by atoms with Crippen molar-refractivity contribution in [1.82, 2.24) is 30.2 Å². The van der Waals surface area contributed by atoms with Crippen LogP contribution >= 0.6 is 35.2 Å². The molecule has 8 unspecified atom stereocenters. The average Bonchev–Trinajstić information content (AvgIpc) is 3.90. The molecule has 2 aromatic rings. The van der Waals surface area contributed by atoms with Crippen LogP contribution in [0.2, 0.25) is 0 Å². The Hall–Kier alpha value is -2.44. The predicted octanol–water partition coefficient (Wildman–Crippen LogP) is 7.90. The summed E-state index contributed by atoms with van der Waals surface area (Å²) < 4.78 is 62.6. The topological polar surface area (TPSA) is 364 Å². The Balaban J connectivity index is 1.20. The number of hydrogen-bond donors (Lipinski definition) is 9. The van der Waals surface area contributed by atoms with Crippen LogP contribution in [-0.2, 0) is 50.7 Å². The number of carbonyl (C=O) groups is 3. The van der Waals surface area contributed by atoms with Crippen molar-refractivity contribution in [3.63, 3.8) is 0 Å². The van der Waals surface area contributed by atoms with Gasteiger partial charge >= 0.3 is 23.5 Å². The molecule has 0 radical (unpaired) electrons. The standard InChI is InChI=1S/C47H86N7O17P3S/c1-5-6-24-35(2)25-22-20-18-16-14-12-10-8-7-9-11-13-15-17-19-21-23-26-38(56)75-30-29-49-37(55)27-28-50-45(59)42(58)47(3,4)32-68-74(65,66)71-73(63,64)67-31-36-41(70-72(60,61)62)40(57)46(69-36)54-34-53-39-43(48)51-33-52-44(39)54/h33-36,40-42,46,57-58H,5-32H2,1-4H3,(H,49,55)(H,50,59)(H,63,64)(H,65,66)(H2,48,51,52)(H2,60,61,62). The van der Waals surface area contributed by atoms with Crippen LogP contribution in [0.4, 0.5) is 5.82 Å². The average molecular weight is 1150 g/mol. The number of nitrogen functional groups attached to an aromatic ring is 1. The molecular weight excluding hydrogens is 1060 g/mol. The van der Waals surface area contributed by atoms with E-state index in [9.17, 15) is 57.9 Å². The van der Waals surface area contributed by atoms with E-state index in [1.54, 1.807) is 0 Å². The maximum atomic E-state index is 12.8. The number of ether oxygens (including phenoxy) is 1. The number of hydrogen-bond acceptors (Lipinski definition) is 18. The fourth-order valence-corrected chi connectivity index (χ4v) is 12.0. The Labute approximate surface area is 446 Å². The van der Waals surface area contributed by atoms with E-state index in [4.69, 9.17) is 19.5 Å². The van der Waals surface area contributed by atoms with E-state index >= 15 is 0 Å². The largest absolute Gasteiger partial charge is 0.481 e. The number of phosphoric ester groups is 3. The number of unbranched alkanes of at least 4 members (excludes halogenated alkanes) is 17. The molecule has 1 aliphatic heterocycles. The van der Waals surface area contributed by atoms with Crippen LogP contribution in [-0.4, -0.2) is 123 Å². The number of amides is 2. The first-order valence-electron chi connectivity index (χ1n) is 26.5. The van der Waals surface area contributed by atoms with Gasteiger partial charge in [-0.3, -0.25) is 32.5 Å². The van der Waals surface area contributed by atoms with Gasteiger partial charge in [-0.15, -0.1) is 0 Å². The van der Waals surface area contributed by atoms with E-state index in [2.05, 4.69) is 48.3 Å². The molecule has 432 valence electrons. The van der Waals surface area contributed by atoms with Crippen molar-refractivity contribution in [3.05, 3.63) is 12.7 Å². The van der Waals surface area contributed by atoms with Crippen LogP contribution in [0.5, 0.6) is 0 Å². The molecule has 0 saturated carbocycles. The van der Waals surface area contributed by atoms with Crippen LogP contribution in [0.1, 0.15) is 182 Å². The zero-order chi connectivity index (χ0) is 55.5. The minimum absolute atomic E-state index is 0.0346. The second-order valence-corrected chi connectivity index (χ2v) is 25.5. The number of aromatic nitrogens is 4. The van der Waals surface area contributed by atoms with Crippen molar-refractivity contribution in [2.24, 2.45) is 11.3 Å². The van der Waals surface area contributed by atoms with E-state index in [1.165, 1.54) is 129 Å². The Morgan fingerprint density at radius 2 is 1.36 bits per heavy atom. The van der Waals surface area contributed by atoms with Gasteiger partial charge in [-0.1, -0.05) is 168 Å². The maximum Gasteiger partial charge on any atom is 0.481 e. The number of phosphoric acid groups is 3. The minimum Gasteiger partial charge on any atom is -0.386 e. The lowest BCUT2D eigenvalue weighted by molar-refractivity contribution is -0.137. The lowest BCUT2D eigenvalue weighted by Crippen LogP contribution is -2.46. The molecule has 0 bridgehead atoms. The normalized spacial score (nSPS) is 19.7. The smallest absolute Gasteiger partial charge is 0.386 e. The van der Waals surface area contributed by atoms with Gasteiger partial charge in [0.05, 0.1) is 19.5 Å². The summed E-state index contributed by atoms with van der Waals surface area (Å²) in [6.07, 6.45) is 20.8. The third-order valence-corrected chi connectivity index (χ3v) is 16.9. The molecule has 1 saturated heterocycles. The summed E-state index contributed by atoms with van der Waals surface area (Å²) in [5.41, 5.74) is 4.30. The van der Waals surface area contributed by atoms with Gasteiger partial charge in [-0.05, 0) is 12.3 Å². The van der Waals surface area contributed by atoms with Gasteiger partial charge in [0.2, 0.25) is 11.8 Å². The number of imidazole rings is 1. The molecule has 3 rings (SSSR count). The van der Waals surface area contributed by atoms with Crippen molar-refractivity contribution >= 4 is 69.1 Å². The molecule has 10 N–H and O–H groups in total. The van der Waals surface area contributed by atoms with Crippen LogP contribution in [0.3, 0.4) is 0 Å². The van der Waals surface area contributed by atoms with Gasteiger partial charge in [0, 0.05) is 37.1 Å². The fraction of sp³-hybridized carbons (Fsp3) is 0.830. The summed E-state index contributed by atoms with van der Waals surface area (Å²) in [7, 11) is -16.4. The molecule has 24 nitrogen and oxygen atoms in total. The van der Waals surface area contributed by atoms with E-state index in [0.717, 1.165) is 54.2 Å². The Bertz CT molecular complexity index is 2160. The van der Waals surface area contributed by atoms with Crippen LogP contribution in [0.15, 0.2) is 12.7 Å². The molecule has 28 heteroatoms. The number of fused-ring (bicyclic) bond motifs is 1. The number of anilines is 1. The van der Waals surface area contributed by atoms with Gasteiger partial charge in [0.25, 0.3) is 0 Å². The lowest BCUT2D eigenvalue weighted by atomic mass is 9.87. The highest BCUT2D eigenvalue weighted by molar-refractivity contribution is 8.13. The molecule has 1 fully saturated rings. The molecule has 1 aliphatic rings. The predicted molar refractivity (Wildman–Crippen MR) is 284 cm³/mol. The number of aliphatic hydroxyl groups excluding tert-OH is 2. The van der Waals surface area contributed by atoms with Crippen LogP contribution in [0, 0.1) is 11.3 Å². The summed E-state index contributed by atoms with van der Waals surface area (Å²) in [5.74, 6) is -0.118. The Morgan fingerprint density at radius 1 is 0.800 bits per heavy atom. The van der Waals surface area contributed by atoms with Gasteiger partial charge in [-0.25, -0.2) is 28.6 Å². The third kappa shape index (κ3) is 26.8. The third-order valence-electron chi connectivity index (χ3n) is 12.9. The fourth-order valence-electron chi connectivity index (χ4n) is 8.48. The van der Waals surface area contributed by atoms with Crippen molar-refractivity contribution in [3.8, 4) is 0 Å². The highest BCUT2D eigenvalue weighted by Gasteiger charge is 2.50. The monoisotopic (exact) mass is 1150 g/mol. The number of rotatable bonds is 42. The van der Waals surface area contributed by atoms with Gasteiger partial charge < -0.3 is 50.9 Å². The quantitative estimate of drug-likeness (QED) is 0.0225. The van der Waals surface area contributed by atoms with Gasteiger partial charge in [0.15, 0.2) is 22.8 Å². The number of thioether (sulfide) groups is 1. The minimum atomic E-state index is -5.58. The van der Waals surface area contributed by atoms with Crippen molar-refractivity contribution in [2.75, 3.05) is 37.8 Å². The Morgan fingerprint density at radius 3 is 1.95 bits per heavy atom. The molecule has 0 aromatic carbocycles. The summed E-state index contributed by atoms with van der Waals surface area (Å²) >= 11 is 1.16. The molecule has 0 spiro atoms. The van der Waals surface area contributed by atoms with Crippen LogP contribution in [0.25, 0.3) is 11.2 Å². The van der Waals surface area contributed by atoms with Crippen molar-refractivity contribution in [2.45, 2.75) is 206 Å². The first kappa shape index (κ1) is 66.8. The SMILES string of the molecule is CCCCC(C)CCCCCCCCCCCCCCCCCCCC(=O)SCCNC(=O)CCNC(=O)C(O)C(C)(C)COP(=O)(O)OP(=O)(O)OCC1OC(n2cnc3c(N)ncnc32)C(O)C1OP(=O)(O)O. The molecule has 2 aromatic heterocycles. The van der Waals surface area contributed by atoms with Gasteiger partial charge in [-0.2, -0.15) is 4.31 Å². The summed E-state index contributed by atoms with van der Waals surface area (Å²) in [6.45, 7) is 5.27. The molecule has 3 heterocycles. The first-order chi connectivity index (χ1) is 35.4. The number of nitrogens with two attached hydrogens (primary N) is 1. The second-order valence-electron chi connectivity index (χ2n) is 20.1. The molecule has 8 atom stereocenters. The van der Waals surface area contributed by atoms with Crippen molar-refractivity contribution < 1.29 is 80.5 Å². The molecule has 0 aliphatic carbocycles. The highest BCUT2D eigenvalue weighted by Crippen LogP contribution is 2.61. The second kappa shape index (κ2) is 34.5. The van der Waals surface area contributed by atoms with Gasteiger partial charge in [0.1, 0.15) is 36.3 Å². The zero-order valence-electron chi connectivity index (χ0n) is 44.2. The van der Waals surface area contributed by atoms with Crippen LogP contribution < -0.4 is 16.4 Å². The number of nitrogens with zero attached hydrogens (tertiary/aromatic N) is 4. The molecule has 75 heavy (non-hydrogen) atoms. The molecule has 2 amide bonds. The first-order valence-corrected chi connectivity index (χ1v) is 32.0. The summed E-state index contributed by atoms with van der Waals surface area (Å²) in [4.78, 5) is 88.7. The van der Waals surface area contributed by atoms with E-state index < -0.39 is 84.6 Å². The van der Waals surface area contributed by atoms with Crippen molar-refractivity contribution in [1.29, 1.82) is 0 Å². The number of carbonyl (C=O) groups excluding carboxylic acids is 3. The summed E-state index contributed by atoms with van der Waals surface area (Å²) in [5, 5.41) is 26.7. The maximum absolute atomic E-state index is 12.8. The summed E-state index contributed by atoms with van der Waals surface area (Å²) in [6, 6.07) is 0. The lowest BCUT2D eigenvalue weighted by Gasteiger charge is -2.30. The molecular formula is C47H86N7O17P3S. The number of nitrogens with one attached hydrogen (secondary N) is 2.